The Morgan fingerprint density at radius 2 is 1.10 bits per heavy atom. The van der Waals surface area contributed by atoms with Gasteiger partial charge in [-0.05, 0) is 57.8 Å². The monoisotopic (exact) mass is 741 g/mol. The number of allylic oxidation sites excluding steroid dienone is 5. The highest BCUT2D eigenvalue weighted by Crippen LogP contribution is 2.38. The number of rotatable bonds is 37. The quantitative estimate of drug-likeness (QED) is 0.0284. The number of hydrogen-bond acceptors (Lipinski definition) is 6. The van der Waals surface area contributed by atoms with Gasteiger partial charge in [0.15, 0.2) is 0 Å². The molecule has 0 radical (unpaired) electrons. The number of amides is 1. The maximum absolute atomic E-state index is 12.8. The Bertz CT molecular complexity index is 933. The first-order valence-electron chi connectivity index (χ1n) is 20.9. The van der Waals surface area contributed by atoms with Crippen LogP contribution in [0.25, 0.3) is 0 Å². The van der Waals surface area contributed by atoms with E-state index in [9.17, 15) is 19.4 Å². The van der Waals surface area contributed by atoms with Crippen molar-refractivity contribution >= 4 is 13.7 Å². The van der Waals surface area contributed by atoms with E-state index in [1.54, 1.807) is 6.08 Å². The highest BCUT2D eigenvalue weighted by atomic mass is 31.2. The second kappa shape index (κ2) is 34.5. The van der Waals surface area contributed by atoms with Crippen LogP contribution in [0.3, 0.4) is 0 Å². The Kier molecular flexibility index (Phi) is 33.6. The number of phosphoric ester groups is 1. The molecular formula is C42H81N2O6P. The molecule has 0 heterocycles. The number of aliphatic hydroxyl groups excluding tert-OH is 1. The van der Waals surface area contributed by atoms with Gasteiger partial charge in [-0.2, -0.15) is 0 Å². The van der Waals surface area contributed by atoms with Crippen molar-refractivity contribution in [2.75, 3.05) is 40.9 Å². The number of aliphatic hydroxyl groups is 1. The lowest BCUT2D eigenvalue weighted by atomic mass is 10.1. The number of unbranched alkanes of at least 4 members (excludes halogenated alkanes) is 20. The molecular weight excluding hydrogens is 659 g/mol. The first-order chi connectivity index (χ1) is 24.5. The van der Waals surface area contributed by atoms with E-state index in [0.717, 1.165) is 57.8 Å². The van der Waals surface area contributed by atoms with Crippen LogP contribution in [0.2, 0.25) is 0 Å². The second-order valence-electron chi connectivity index (χ2n) is 15.3. The van der Waals surface area contributed by atoms with Crippen LogP contribution in [-0.4, -0.2) is 68.5 Å². The van der Waals surface area contributed by atoms with Gasteiger partial charge in [-0.25, -0.2) is 0 Å². The van der Waals surface area contributed by atoms with Gasteiger partial charge in [0, 0.05) is 6.42 Å². The summed E-state index contributed by atoms with van der Waals surface area (Å²) in [4.78, 5) is 25.2. The molecule has 0 aromatic heterocycles. The highest BCUT2D eigenvalue weighted by molar-refractivity contribution is 7.45. The predicted molar refractivity (Wildman–Crippen MR) is 215 cm³/mol. The fourth-order valence-electron chi connectivity index (χ4n) is 5.69. The van der Waals surface area contributed by atoms with Crippen molar-refractivity contribution in [3.8, 4) is 0 Å². The minimum absolute atomic E-state index is 0.00813. The second-order valence-corrected chi connectivity index (χ2v) is 16.7. The summed E-state index contributed by atoms with van der Waals surface area (Å²) < 4.78 is 23.1. The third-order valence-electron chi connectivity index (χ3n) is 9.07. The Morgan fingerprint density at radius 3 is 1.59 bits per heavy atom. The van der Waals surface area contributed by atoms with Crippen LogP contribution in [0, 0.1) is 0 Å². The average Bonchev–Trinajstić information content (AvgIpc) is 3.07. The van der Waals surface area contributed by atoms with E-state index in [0.29, 0.717) is 17.4 Å². The Balaban J connectivity index is 4.55. The molecule has 0 aliphatic rings. The van der Waals surface area contributed by atoms with Gasteiger partial charge in [0.25, 0.3) is 7.82 Å². The largest absolute Gasteiger partial charge is 0.756 e. The van der Waals surface area contributed by atoms with Gasteiger partial charge >= 0.3 is 0 Å². The molecule has 0 aromatic rings. The molecule has 1 amide bonds. The number of phosphoric acid groups is 1. The lowest BCUT2D eigenvalue weighted by Gasteiger charge is -2.29. The molecule has 3 unspecified atom stereocenters. The first kappa shape index (κ1) is 49.7. The Hall–Kier alpha value is -1.28. The van der Waals surface area contributed by atoms with Gasteiger partial charge in [0.2, 0.25) is 5.91 Å². The maximum atomic E-state index is 12.8. The fraction of sp³-hybridized carbons (Fsp3) is 0.833. The summed E-state index contributed by atoms with van der Waals surface area (Å²) in [5, 5.41) is 13.7. The van der Waals surface area contributed by atoms with E-state index in [2.05, 4.69) is 43.5 Å². The van der Waals surface area contributed by atoms with Crippen LogP contribution in [0.4, 0.5) is 0 Å². The summed E-state index contributed by atoms with van der Waals surface area (Å²) >= 11 is 0. The normalized spacial score (nSPS) is 14.9. The van der Waals surface area contributed by atoms with Crippen LogP contribution in [0.5, 0.6) is 0 Å². The first-order valence-corrected chi connectivity index (χ1v) is 22.3. The zero-order chi connectivity index (χ0) is 37.9. The van der Waals surface area contributed by atoms with E-state index in [1.165, 1.54) is 96.3 Å². The van der Waals surface area contributed by atoms with Crippen LogP contribution in [0.15, 0.2) is 36.5 Å². The molecule has 8 nitrogen and oxygen atoms in total. The third-order valence-corrected chi connectivity index (χ3v) is 10.0. The molecule has 0 bridgehead atoms. The molecule has 3 atom stereocenters. The Labute approximate surface area is 315 Å². The SMILES string of the molecule is CCCCCCCC/C=C\CCCCCCCC(=O)NC(COP(=O)([O-])OCC[N+](C)(C)C)C(O)/C=C/CC/C=C/CCCCCCCCCC. The molecule has 0 aromatic carbocycles. The third kappa shape index (κ3) is 36.9. The molecule has 0 saturated heterocycles. The number of nitrogens with zero attached hydrogens (tertiary/aromatic N) is 1. The predicted octanol–water partition coefficient (Wildman–Crippen LogP) is 10.5. The van der Waals surface area contributed by atoms with Gasteiger partial charge in [-0.1, -0.05) is 147 Å². The number of hydrogen-bond donors (Lipinski definition) is 2. The lowest BCUT2D eigenvalue weighted by molar-refractivity contribution is -0.870. The van der Waals surface area contributed by atoms with Crippen molar-refractivity contribution in [3.05, 3.63) is 36.5 Å². The molecule has 51 heavy (non-hydrogen) atoms. The van der Waals surface area contributed by atoms with Gasteiger partial charge in [-0.15, -0.1) is 0 Å². The zero-order valence-electron chi connectivity index (χ0n) is 33.8. The fourth-order valence-corrected chi connectivity index (χ4v) is 6.41. The smallest absolute Gasteiger partial charge is 0.268 e. The van der Waals surface area contributed by atoms with E-state index in [1.807, 2.05) is 27.2 Å². The van der Waals surface area contributed by atoms with Crippen molar-refractivity contribution in [2.45, 2.75) is 187 Å². The van der Waals surface area contributed by atoms with Crippen molar-refractivity contribution in [1.82, 2.24) is 5.32 Å². The van der Waals surface area contributed by atoms with Gasteiger partial charge in [-0.3, -0.25) is 9.36 Å². The van der Waals surface area contributed by atoms with Crippen LogP contribution in [-0.2, 0) is 18.4 Å². The van der Waals surface area contributed by atoms with Crippen molar-refractivity contribution in [3.63, 3.8) is 0 Å². The van der Waals surface area contributed by atoms with E-state index in [-0.39, 0.29) is 12.5 Å². The van der Waals surface area contributed by atoms with Crippen LogP contribution in [0.1, 0.15) is 174 Å². The van der Waals surface area contributed by atoms with E-state index in [4.69, 9.17) is 9.05 Å². The zero-order valence-corrected chi connectivity index (χ0v) is 34.7. The standard InChI is InChI=1S/C42H81N2O6P/c1-6-8-10-12-14-16-18-20-22-24-26-28-30-32-34-36-42(46)43-40(39-50-51(47,48)49-38-37-44(3,4)5)41(45)35-33-31-29-27-25-23-21-19-17-15-13-11-9-7-2/h20,22,25,27,33,35,40-41,45H,6-19,21,23-24,26,28-32,34,36-39H2,1-5H3,(H-,43,46,47,48)/b22-20-,27-25+,35-33+. The van der Waals surface area contributed by atoms with Gasteiger partial charge < -0.3 is 28.8 Å². The number of carbonyl (C=O) groups excluding carboxylic acids is 1. The minimum Gasteiger partial charge on any atom is -0.756 e. The van der Waals surface area contributed by atoms with Gasteiger partial charge in [0.1, 0.15) is 13.2 Å². The topological polar surface area (TPSA) is 108 Å². The molecule has 0 saturated carbocycles. The molecule has 0 rings (SSSR count). The summed E-state index contributed by atoms with van der Waals surface area (Å²) in [6.45, 7) is 4.59. The lowest BCUT2D eigenvalue weighted by Crippen LogP contribution is -2.45. The van der Waals surface area contributed by atoms with E-state index < -0.39 is 26.6 Å². The summed E-state index contributed by atoms with van der Waals surface area (Å²) in [5.41, 5.74) is 0. The maximum Gasteiger partial charge on any atom is 0.268 e. The van der Waals surface area contributed by atoms with Gasteiger partial charge in [0.05, 0.1) is 39.9 Å². The summed E-state index contributed by atoms with van der Waals surface area (Å²) in [6.07, 6.45) is 40.4. The van der Waals surface area contributed by atoms with Crippen molar-refractivity contribution in [1.29, 1.82) is 0 Å². The minimum atomic E-state index is -4.59. The number of quaternary nitrogens is 1. The molecule has 0 fully saturated rings. The summed E-state index contributed by atoms with van der Waals surface area (Å²) in [5.74, 6) is -0.218. The summed E-state index contributed by atoms with van der Waals surface area (Å²) in [6, 6.07) is -0.904. The Morgan fingerprint density at radius 1 is 0.667 bits per heavy atom. The molecule has 2 N–H and O–H groups in total. The highest BCUT2D eigenvalue weighted by Gasteiger charge is 2.23. The summed E-state index contributed by atoms with van der Waals surface area (Å²) in [7, 11) is 1.23. The van der Waals surface area contributed by atoms with Crippen LogP contribution < -0.4 is 10.2 Å². The van der Waals surface area contributed by atoms with E-state index >= 15 is 0 Å². The number of nitrogens with one attached hydrogen (secondary N) is 1. The average molecular weight is 741 g/mol. The molecule has 9 heteroatoms. The molecule has 0 aliphatic carbocycles. The molecule has 0 aliphatic heterocycles. The molecule has 300 valence electrons. The number of likely N-dealkylation sites (N-methyl/N-ethyl adjacent to an activating group) is 1. The van der Waals surface area contributed by atoms with Crippen molar-refractivity contribution in [2.24, 2.45) is 0 Å². The molecule has 0 spiro atoms. The van der Waals surface area contributed by atoms with Crippen molar-refractivity contribution < 1.29 is 32.9 Å². The van der Waals surface area contributed by atoms with Crippen LogP contribution >= 0.6 is 7.82 Å². The number of carbonyl (C=O) groups is 1.